The van der Waals surface area contributed by atoms with E-state index in [0.29, 0.717) is 76.5 Å². The molecule has 110 heavy (non-hydrogen) atoms. The molecule has 0 spiro atoms. The van der Waals surface area contributed by atoms with Crippen molar-refractivity contribution in [3.05, 3.63) is 200 Å². The van der Waals surface area contributed by atoms with Crippen LogP contribution in [0.15, 0.2) is 189 Å². The molecule has 0 aliphatic carbocycles. The summed E-state index contributed by atoms with van der Waals surface area (Å²) in [4.78, 5) is 64.9. The van der Waals surface area contributed by atoms with E-state index >= 15 is 0 Å². The zero-order chi connectivity index (χ0) is 75.9. The summed E-state index contributed by atoms with van der Waals surface area (Å²) in [5, 5.41) is 27.4. The van der Waals surface area contributed by atoms with Crippen molar-refractivity contribution in [2.45, 2.75) is 44.8 Å². The Hall–Kier alpha value is -12.6. The number of likely N-dealkylation sites (tertiary alicyclic amines) is 1. The number of methoxy groups -OCH3 is 5. The van der Waals surface area contributed by atoms with Crippen LogP contribution in [0.4, 0.5) is 34.1 Å². The molecule has 3 aliphatic heterocycles. The van der Waals surface area contributed by atoms with E-state index < -0.39 is 0 Å². The number of ether oxygens (including phenoxy) is 7. The van der Waals surface area contributed by atoms with Crippen molar-refractivity contribution in [2.24, 2.45) is 5.73 Å². The highest BCUT2D eigenvalue weighted by Crippen LogP contribution is 2.39. The molecule has 13 aromatic rings. The zero-order valence-corrected chi connectivity index (χ0v) is 61.9. The number of carbonyl (C=O) groups is 2. The second kappa shape index (κ2) is 34.9. The van der Waals surface area contributed by atoms with Gasteiger partial charge in [-0.15, -0.1) is 0 Å². The normalized spacial score (nSPS) is 14.0. The maximum Gasteiger partial charge on any atom is 0.261 e. The first kappa shape index (κ1) is 74.2. The van der Waals surface area contributed by atoms with Crippen molar-refractivity contribution in [1.82, 2.24) is 69.9 Å². The van der Waals surface area contributed by atoms with E-state index in [1.54, 1.807) is 109 Å². The maximum absolute atomic E-state index is 13.2. The van der Waals surface area contributed by atoms with Crippen LogP contribution in [0.1, 0.15) is 65.5 Å². The van der Waals surface area contributed by atoms with Crippen molar-refractivity contribution in [3.63, 3.8) is 0 Å². The maximum atomic E-state index is 13.2. The number of aliphatic hydroxyl groups is 1. The Morgan fingerprint density at radius 2 is 0.964 bits per heavy atom. The summed E-state index contributed by atoms with van der Waals surface area (Å²) < 4.78 is 41.0. The van der Waals surface area contributed by atoms with Crippen LogP contribution in [0.5, 0.6) is 34.5 Å². The number of anilines is 6. The van der Waals surface area contributed by atoms with Gasteiger partial charge in [-0.25, -0.2) is 19.6 Å². The number of amides is 2. The Kier molecular flexibility index (Phi) is 23.6. The summed E-state index contributed by atoms with van der Waals surface area (Å²) in [6, 6.07) is 42.0. The van der Waals surface area contributed by atoms with Crippen molar-refractivity contribution in [3.8, 4) is 68.3 Å². The van der Waals surface area contributed by atoms with E-state index in [9.17, 15) is 14.7 Å². The lowest BCUT2D eigenvalue weighted by Crippen LogP contribution is -2.36. The molecule has 0 radical (unpaired) electrons. The number of hydrogen-bond donors (Lipinski definition) is 4. The number of rotatable bonds is 27. The molecule has 6 aromatic heterocycles. The van der Waals surface area contributed by atoms with Gasteiger partial charge in [-0.3, -0.25) is 39.6 Å². The van der Waals surface area contributed by atoms with Gasteiger partial charge in [-0.05, 0) is 125 Å². The van der Waals surface area contributed by atoms with E-state index in [1.807, 2.05) is 113 Å². The van der Waals surface area contributed by atoms with Crippen LogP contribution in [0.3, 0.4) is 0 Å². The Morgan fingerprint density at radius 1 is 0.500 bits per heavy atom. The average molecular weight is 1480 g/mol. The molecule has 16 rings (SSSR count). The summed E-state index contributed by atoms with van der Waals surface area (Å²) >= 11 is 0. The summed E-state index contributed by atoms with van der Waals surface area (Å²) in [7, 11) is 8.11. The standard InChI is InChI=1S/C34H32N6O5.C27H32N6O3.C21H22N6O2/c1-43-25-15-24(16-26(18-25)44-2)38(12-13-39-33(41)27-7-3-4-8-28(27)34(39)42)23-10-11-29-30(17-23)37-31(20-35-29)22-19-36-40(21-22)32-9-5-6-14-45-32;1-35-23-13-22(14-24(16-23)36-12-11-34)33(10-4-9-32-7-2-3-8-32)21-5-6-25-26(15-21)31-27(19-28-25)20-17-29-30-18-20;1-28-17-7-16(8-18(10-17)29-2)27(6-5-22)15-3-4-19-20(9-15)26-21(13-23-19)14-11-24-25-12-14/h3-4,7-8,10-11,15-21,32H,5-6,9,12-14H2,1-2H3;5-6,13-19,34H,2-4,7-12H2,1H3,(H,29,30);3-4,7-13H,5-6,22H2,1-2H3,(H,24,25). The fourth-order valence-electron chi connectivity index (χ4n) is 13.7. The molecule has 3 aliphatic rings. The predicted molar refractivity (Wildman–Crippen MR) is 421 cm³/mol. The van der Waals surface area contributed by atoms with Crippen LogP contribution < -0.4 is 48.9 Å². The van der Waals surface area contributed by atoms with Gasteiger partial charge in [0.05, 0.1) is 141 Å². The Bertz CT molecular complexity index is 5230. The van der Waals surface area contributed by atoms with Gasteiger partial charge in [0.25, 0.3) is 11.8 Å². The third-order valence-electron chi connectivity index (χ3n) is 19.3. The van der Waals surface area contributed by atoms with Gasteiger partial charge >= 0.3 is 0 Å². The minimum Gasteiger partial charge on any atom is -0.497 e. The van der Waals surface area contributed by atoms with Crippen LogP contribution >= 0.6 is 0 Å². The van der Waals surface area contributed by atoms with Crippen LogP contribution in [0.25, 0.3) is 66.9 Å². The number of nitrogens with two attached hydrogens (primary N) is 1. The Morgan fingerprint density at radius 3 is 1.41 bits per heavy atom. The third kappa shape index (κ3) is 17.2. The summed E-state index contributed by atoms with van der Waals surface area (Å²) in [6.45, 7) is 6.75. The van der Waals surface area contributed by atoms with Crippen LogP contribution in [-0.2, 0) is 4.74 Å². The first-order valence-corrected chi connectivity index (χ1v) is 36.5. The van der Waals surface area contributed by atoms with E-state index in [4.69, 9.17) is 53.8 Å². The fourth-order valence-corrected chi connectivity index (χ4v) is 13.7. The Balaban J connectivity index is 0.000000141. The molecule has 1 unspecified atom stereocenters. The fraction of sp³-hybridized carbons (Fsp3) is 0.280. The molecule has 7 aromatic carbocycles. The monoisotopic (exact) mass is 1480 g/mol. The van der Waals surface area contributed by atoms with Crippen molar-refractivity contribution in [1.29, 1.82) is 0 Å². The highest BCUT2D eigenvalue weighted by Gasteiger charge is 2.35. The molecule has 0 saturated carbocycles. The van der Waals surface area contributed by atoms with Crippen LogP contribution in [0.2, 0.25) is 0 Å². The molecule has 2 fully saturated rings. The number of imide groups is 1. The van der Waals surface area contributed by atoms with Gasteiger partial charge in [-0.1, -0.05) is 12.1 Å². The smallest absolute Gasteiger partial charge is 0.261 e. The second-order valence-electron chi connectivity index (χ2n) is 26.3. The number of nitrogens with one attached hydrogen (secondary N) is 2. The summed E-state index contributed by atoms with van der Waals surface area (Å²) in [5.74, 6) is 3.40. The minimum absolute atomic E-state index is 0.0472. The van der Waals surface area contributed by atoms with Crippen LogP contribution in [-0.4, -0.2) is 195 Å². The number of aliphatic hydroxyl groups excluding tert-OH is 1. The second-order valence-corrected chi connectivity index (χ2v) is 26.3. The highest BCUT2D eigenvalue weighted by molar-refractivity contribution is 6.21. The van der Waals surface area contributed by atoms with Gasteiger partial charge in [0.2, 0.25) is 0 Å². The molecule has 1 atom stereocenters. The lowest BCUT2D eigenvalue weighted by atomic mass is 10.1. The first-order chi connectivity index (χ1) is 54.0. The first-order valence-electron chi connectivity index (χ1n) is 36.5. The number of fused-ring (bicyclic) bond motifs is 4. The molecule has 28 heteroatoms. The van der Waals surface area contributed by atoms with Gasteiger partial charge in [0, 0.05) is 163 Å². The van der Waals surface area contributed by atoms with E-state index in [2.05, 4.69) is 67.3 Å². The molecule has 2 amide bonds. The SMILES string of the molecule is COc1cc(OC)cc(N(CCN)c2ccc3ncc(-c4cn[nH]c4)nc3c2)c1.COc1cc(OC)cc(N(CCN2C(=O)c3ccccc3C2=O)c2ccc3ncc(-c4cnn(C5CCCCO5)c4)nc3c2)c1.COc1cc(OCCO)cc(N(CCCN2CCCC2)c2ccc3ncc(-c4cn[nH]c4)nc3c2)c1. The molecule has 0 bridgehead atoms. The van der Waals surface area contributed by atoms with Gasteiger partial charge in [-0.2, -0.15) is 15.3 Å². The molecular weight excluding hydrogens is 1400 g/mol. The number of aromatic amines is 2. The highest BCUT2D eigenvalue weighted by atomic mass is 16.5. The zero-order valence-electron chi connectivity index (χ0n) is 61.9. The number of hydrogen-bond acceptors (Lipinski definition) is 24. The predicted octanol–water partition coefficient (Wildman–Crippen LogP) is 12.8. The third-order valence-corrected chi connectivity index (χ3v) is 19.3. The van der Waals surface area contributed by atoms with Gasteiger partial charge in [0.1, 0.15) is 47.3 Å². The number of aromatic nitrogens is 12. The number of benzene rings is 7. The minimum atomic E-state index is -0.299. The van der Waals surface area contributed by atoms with Gasteiger partial charge < -0.3 is 63.6 Å². The topological polar surface area (TPSA) is 314 Å². The lowest BCUT2D eigenvalue weighted by molar-refractivity contribution is -0.0394. The molecule has 2 saturated heterocycles. The quantitative estimate of drug-likeness (QED) is 0.0348. The molecule has 564 valence electrons. The van der Waals surface area contributed by atoms with Crippen LogP contribution in [0, 0.1) is 0 Å². The van der Waals surface area contributed by atoms with E-state index in [-0.39, 0.29) is 37.8 Å². The average Bonchev–Trinajstić information content (AvgIpc) is 1.60. The van der Waals surface area contributed by atoms with E-state index in [1.165, 1.54) is 30.8 Å². The number of H-pyrrole nitrogens is 2. The van der Waals surface area contributed by atoms with E-state index in [0.717, 1.165) is 135 Å². The summed E-state index contributed by atoms with van der Waals surface area (Å²) in [6.07, 6.45) is 22.7. The molecular formula is C82H86N18O10. The largest absolute Gasteiger partial charge is 0.497 e. The molecule has 9 heterocycles. The number of carbonyl (C=O) groups excluding carboxylic acids is 2. The molecule has 5 N–H and O–H groups in total. The Labute approximate surface area is 635 Å². The number of nitrogens with zero attached hydrogens (tertiary/aromatic N) is 15. The van der Waals surface area contributed by atoms with Crippen molar-refractivity contribution >= 4 is 79.0 Å². The summed E-state index contributed by atoms with van der Waals surface area (Å²) in [5.41, 5.74) is 21.7. The van der Waals surface area contributed by atoms with Crippen molar-refractivity contribution in [2.75, 3.05) is 122 Å². The van der Waals surface area contributed by atoms with Gasteiger partial charge in [0.15, 0.2) is 0 Å². The molecule has 28 nitrogen and oxygen atoms in total. The van der Waals surface area contributed by atoms with Crippen molar-refractivity contribution < 1.29 is 47.9 Å². The lowest BCUT2D eigenvalue weighted by Gasteiger charge is -2.28.